The van der Waals surface area contributed by atoms with Crippen LogP contribution in [0.4, 0.5) is 14.5 Å². The smallest absolute Gasteiger partial charge is 0.336 e. The molecule has 5 aromatic carbocycles. The minimum atomic E-state index is -1.42. The molecule has 8 rings (SSSR count). The Balaban J connectivity index is 0.849. The number of aromatic hydroxyl groups is 2. The first-order chi connectivity index (χ1) is 30.5. The van der Waals surface area contributed by atoms with E-state index in [9.17, 15) is 43.3 Å². The van der Waals surface area contributed by atoms with Gasteiger partial charge in [0, 0.05) is 69.3 Å². The lowest BCUT2D eigenvalue weighted by atomic mass is 9.89. The number of benzene rings is 6. The Hall–Kier alpha value is -8.13. The fourth-order valence-electron chi connectivity index (χ4n) is 7.53. The summed E-state index contributed by atoms with van der Waals surface area (Å²) in [7, 11) is 0. The summed E-state index contributed by atoms with van der Waals surface area (Å²) < 4.78 is 34.8. The van der Waals surface area contributed by atoms with E-state index in [1.165, 1.54) is 12.1 Å². The van der Waals surface area contributed by atoms with E-state index in [2.05, 4.69) is 15.6 Å². The minimum Gasteiger partial charge on any atom is -0.505 e. The third kappa shape index (κ3) is 8.73. The Morgan fingerprint density at radius 1 is 0.667 bits per heavy atom. The number of rotatable bonds is 14. The number of phenols is 1. The van der Waals surface area contributed by atoms with E-state index in [-0.39, 0.29) is 56.3 Å². The number of carbonyl (C=O) groups excluding carboxylic acids is 2. The highest BCUT2D eigenvalue weighted by Crippen LogP contribution is 2.43. The number of phenolic OH excluding ortho intramolecular Hbond substituents is 1. The van der Waals surface area contributed by atoms with Crippen LogP contribution < -0.4 is 16.1 Å². The second-order valence-corrected chi connectivity index (χ2v) is 14.8. The van der Waals surface area contributed by atoms with Crippen LogP contribution in [0.2, 0.25) is 0 Å². The maximum Gasteiger partial charge on any atom is 0.336 e. The Labute approximate surface area is 357 Å². The number of hydrogen-bond acceptors (Lipinski definition) is 8. The van der Waals surface area contributed by atoms with Crippen LogP contribution in [-0.4, -0.2) is 56.9 Å². The van der Waals surface area contributed by atoms with Crippen molar-refractivity contribution in [1.29, 1.82) is 0 Å². The molecule has 0 saturated heterocycles. The van der Waals surface area contributed by atoms with Gasteiger partial charge in [-0.3, -0.25) is 14.4 Å². The van der Waals surface area contributed by atoms with E-state index in [1.54, 1.807) is 24.3 Å². The number of halogens is 2. The second kappa shape index (κ2) is 17.8. The number of carbonyl (C=O) groups is 3. The molecule has 0 atom stereocenters. The van der Waals surface area contributed by atoms with Crippen molar-refractivity contribution in [3.8, 4) is 34.1 Å². The predicted octanol–water partition coefficient (Wildman–Crippen LogP) is 9.32. The maximum absolute atomic E-state index is 14.6. The number of H-pyrrole nitrogens is 1. The molecule has 0 bridgehead atoms. The van der Waals surface area contributed by atoms with Crippen molar-refractivity contribution in [2.75, 3.05) is 13.1 Å². The van der Waals surface area contributed by atoms with Crippen LogP contribution in [-0.2, 0) is 0 Å². The molecule has 1 aromatic heterocycles. The lowest BCUT2D eigenvalue weighted by Gasteiger charge is -2.17. The topological polar surface area (TPSA) is 194 Å². The number of amides is 2. The third-order valence-corrected chi connectivity index (χ3v) is 10.6. The largest absolute Gasteiger partial charge is 0.505 e. The van der Waals surface area contributed by atoms with Gasteiger partial charge < -0.3 is 35.4 Å². The molecule has 6 N–H and O–H groups in total. The molecular weight excluding hydrogens is 811 g/mol. The van der Waals surface area contributed by atoms with Gasteiger partial charge in [-0.25, -0.2) is 18.6 Å². The fraction of sp³-hybridized carbons (Fsp3) is 0.122. The summed E-state index contributed by atoms with van der Waals surface area (Å²) in [5.41, 5.74) is 2.48. The zero-order valence-electron chi connectivity index (χ0n) is 33.4. The number of carboxylic acids is 1. The van der Waals surface area contributed by atoms with E-state index >= 15 is 0 Å². The summed E-state index contributed by atoms with van der Waals surface area (Å²) in [6.07, 6.45) is 2.82. The molecule has 6 aromatic rings. The van der Waals surface area contributed by atoms with Gasteiger partial charge in [-0.2, -0.15) is 0 Å². The lowest BCUT2D eigenvalue weighted by molar-refractivity contribution is 0.0697. The number of carboxylic acid groups (broad SMARTS) is 1. The minimum absolute atomic E-state index is 0.00272. The lowest BCUT2D eigenvalue weighted by Crippen LogP contribution is -2.25. The molecule has 0 radical (unpaired) electrons. The summed E-state index contributed by atoms with van der Waals surface area (Å²) in [6, 6.07) is 31.6. The molecule has 0 saturated carbocycles. The van der Waals surface area contributed by atoms with Gasteiger partial charge in [0.15, 0.2) is 23.3 Å². The van der Waals surface area contributed by atoms with Gasteiger partial charge in [0.05, 0.1) is 22.5 Å². The first kappa shape index (κ1) is 41.6. The zero-order valence-corrected chi connectivity index (χ0v) is 33.4. The molecule has 2 amide bonds. The maximum atomic E-state index is 14.6. The quantitative estimate of drug-likeness (QED) is 0.0354. The SMILES string of the molecule is O=C(NCCCCCCNC(=O)c1ccc(-c2c3cc(F)c(=O)cc-3oc3cc(O)c(F)cc23)c(C(=O)O)c1)c1ccc(N=C(c2ccccc2)c2c(O)[nH]c3ccccc23)cc1. The Morgan fingerprint density at radius 2 is 1.33 bits per heavy atom. The number of hydrogen-bond donors (Lipinski definition) is 6. The number of para-hydroxylation sites is 1. The average Bonchev–Trinajstić information content (AvgIpc) is 3.62. The molecule has 63 heavy (non-hydrogen) atoms. The van der Waals surface area contributed by atoms with E-state index in [0.717, 1.165) is 59.6 Å². The number of nitrogens with one attached hydrogen (secondary N) is 3. The van der Waals surface area contributed by atoms with Gasteiger partial charge in [-0.15, -0.1) is 0 Å². The highest BCUT2D eigenvalue weighted by atomic mass is 19.1. The van der Waals surface area contributed by atoms with Gasteiger partial charge in [-0.05, 0) is 73.0 Å². The molecule has 2 aliphatic rings. The number of nitrogens with zero attached hydrogens (tertiary/aromatic N) is 1. The van der Waals surface area contributed by atoms with Gasteiger partial charge in [0.2, 0.25) is 5.43 Å². The number of aromatic carboxylic acids is 1. The molecule has 14 heteroatoms. The van der Waals surface area contributed by atoms with Crippen LogP contribution in [0.15, 0.2) is 136 Å². The summed E-state index contributed by atoms with van der Waals surface area (Å²) in [5, 5.41) is 37.6. The summed E-state index contributed by atoms with van der Waals surface area (Å²) in [6.45, 7) is 0.733. The zero-order chi connectivity index (χ0) is 44.2. The molecule has 0 fully saturated rings. The van der Waals surface area contributed by atoms with Crippen molar-refractivity contribution in [3.05, 3.63) is 171 Å². The number of aliphatic imine (C=N–C) groups is 1. The van der Waals surface area contributed by atoms with Gasteiger partial charge in [0.1, 0.15) is 11.3 Å². The molecule has 316 valence electrons. The number of aromatic nitrogens is 1. The van der Waals surface area contributed by atoms with E-state index < -0.39 is 34.7 Å². The summed E-state index contributed by atoms with van der Waals surface area (Å²) in [4.78, 5) is 58.6. The number of unbranched alkanes of at least 4 members (excludes halogenated alkanes) is 3. The average molecular weight is 849 g/mol. The third-order valence-electron chi connectivity index (χ3n) is 10.6. The van der Waals surface area contributed by atoms with Gasteiger partial charge in [-0.1, -0.05) is 67.4 Å². The van der Waals surface area contributed by atoms with Crippen molar-refractivity contribution >= 4 is 51.1 Å². The van der Waals surface area contributed by atoms with Crippen molar-refractivity contribution in [2.24, 2.45) is 4.99 Å². The predicted molar refractivity (Wildman–Crippen MR) is 234 cm³/mol. The van der Waals surface area contributed by atoms with E-state index in [0.29, 0.717) is 48.5 Å². The van der Waals surface area contributed by atoms with Crippen LogP contribution in [0.25, 0.3) is 44.3 Å². The summed E-state index contributed by atoms with van der Waals surface area (Å²) >= 11 is 0. The molecule has 0 spiro atoms. The number of fused-ring (bicyclic) bond motifs is 3. The molecule has 1 aliphatic carbocycles. The fourth-order valence-corrected chi connectivity index (χ4v) is 7.53. The molecule has 2 heterocycles. The standard InChI is InChI=1S/C49H38F2N4O8/c50-36-23-34-41(25-39(36)56)63-42-26-40(57)37(51)24-35(42)43(34)31-19-16-29(22-33(31)49(61)62)47(59)53-21-9-2-1-8-20-52-46(58)28-14-17-30(18-15-28)54-45(27-10-4-3-5-11-27)44-32-12-6-7-13-38(32)55-48(44)60/h3-7,10-19,22-26,55-56,60H,1-2,8-9,20-21H2,(H,52,58)(H,53,59)(H,61,62). The van der Waals surface area contributed by atoms with Crippen molar-refractivity contribution in [1.82, 2.24) is 15.6 Å². The first-order valence-electron chi connectivity index (χ1n) is 20.0. The number of aromatic amines is 1. The molecule has 0 unspecified atom stereocenters. The normalized spacial score (nSPS) is 11.6. The molecular formula is C49H38F2N4O8. The highest BCUT2D eigenvalue weighted by molar-refractivity contribution is 6.22. The van der Waals surface area contributed by atoms with Crippen molar-refractivity contribution in [2.45, 2.75) is 25.7 Å². The van der Waals surface area contributed by atoms with Crippen LogP contribution in [0.5, 0.6) is 11.6 Å². The monoisotopic (exact) mass is 848 g/mol. The van der Waals surface area contributed by atoms with E-state index in [4.69, 9.17) is 9.41 Å². The Kier molecular flexibility index (Phi) is 11.8. The Morgan fingerprint density at radius 3 is 2.05 bits per heavy atom. The van der Waals surface area contributed by atoms with Crippen LogP contribution in [0, 0.1) is 11.6 Å². The van der Waals surface area contributed by atoms with Crippen LogP contribution in [0.1, 0.15) is 67.9 Å². The Bertz CT molecular complexity index is 3110. The molecule has 12 nitrogen and oxygen atoms in total. The summed E-state index contributed by atoms with van der Waals surface area (Å²) in [5.74, 6) is -5.21. The second-order valence-electron chi connectivity index (χ2n) is 14.8. The van der Waals surface area contributed by atoms with Crippen molar-refractivity contribution in [3.63, 3.8) is 0 Å². The van der Waals surface area contributed by atoms with Crippen molar-refractivity contribution < 1.29 is 42.9 Å². The van der Waals surface area contributed by atoms with Gasteiger partial charge in [0.25, 0.3) is 11.8 Å². The molecule has 1 aliphatic heterocycles. The van der Waals surface area contributed by atoms with Gasteiger partial charge >= 0.3 is 5.97 Å². The highest BCUT2D eigenvalue weighted by Gasteiger charge is 2.25. The van der Waals surface area contributed by atoms with Crippen LogP contribution >= 0.6 is 0 Å². The van der Waals surface area contributed by atoms with Crippen LogP contribution in [0.3, 0.4) is 0 Å². The van der Waals surface area contributed by atoms with E-state index in [1.807, 2.05) is 54.6 Å². The first-order valence-corrected chi connectivity index (χ1v) is 20.0.